The lowest BCUT2D eigenvalue weighted by atomic mass is 10.1. The van der Waals surface area contributed by atoms with Crippen LogP contribution in [0.4, 0.5) is 5.69 Å². The van der Waals surface area contributed by atoms with Crippen molar-refractivity contribution in [3.8, 4) is 0 Å². The van der Waals surface area contributed by atoms with E-state index in [-0.39, 0.29) is 17.9 Å². The first-order chi connectivity index (χ1) is 10.0. The Hall–Kier alpha value is -1.59. The van der Waals surface area contributed by atoms with Crippen molar-refractivity contribution in [2.45, 2.75) is 32.8 Å². The third kappa shape index (κ3) is 5.36. The third-order valence-corrected chi connectivity index (χ3v) is 3.34. The highest BCUT2D eigenvalue weighted by molar-refractivity contribution is 6.31. The largest absolute Gasteiger partial charge is 0.380 e. The molecule has 21 heavy (non-hydrogen) atoms. The summed E-state index contributed by atoms with van der Waals surface area (Å²) >= 11 is 5.92. The fraction of sp³-hybridized carbons (Fsp3) is 0.467. The maximum absolute atomic E-state index is 12.2. The maximum atomic E-state index is 12.2. The Labute approximate surface area is 130 Å². The fourth-order valence-corrected chi connectivity index (χ4v) is 1.92. The highest BCUT2D eigenvalue weighted by Gasteiger charge is 2.15. The van der Waals surface area contributed by atoms with Crippen molar-refractivity contribution in [3.63, 3.8) is 0 Å². The molecule has 1 atom stereocenters. The Balaban J connectivity index is 2.85. The number of ether oxygens (including phenoxy) is 1. The van der Waals surface area contributed by atoms with Crippen LogP contribution in [0.5, 0.6) is 0 Å². The molecule has 1 aromatic carbocycles. The quantitative estimate of drug-likeness (QED) is 0.813. The topological polar surface area (TPSA) is 67.4 Å². The average molecular weight is 313 g/mol. The van der Waals surface area contributed by atoms with E-state index in [1.54, 1.807) is 32.2 Å². The minimum Gasteiger partial charge on any atom is -0.380 e. The first-order valence-corrected chi connectivity index (χ1v) is 7.29. The number of benzene rings is 1. The molecule has 1 unspecified atom stereocenters. The van der Waals surface area contributed by atoms with Crippen LogP contribution >= 0.6 is 11.6 Å². The van der Waals surface area contributed by atoms with Gasteiger partial charge < -0.3 is 15.4 Å². The second kappa shape index (κ2) is 8.64. The van der Waals surface area contributed by atoms with Gasteiger partial charge in [-0.15, -0.1) is 0 Å². The van der Waals surface area contributed by atoms with Gasteiger partial charge in [-0.1, -0.05) is 25.4 Å². The van der Waals surface area contributed by atoms with Gasteiger partial charge in [0.05, 0.1) is 17.4 Å². The van der Waals surface area contributed by atoms with Gasteiger partial charge in [-0.05, 0) is 24.6 Å². The molecule has 0 spiro atoms. The van der Waals surface area contributed by atoms with Crippen LogP contribution in [-0.4, -0.2) is 31.6 Å². The highest BCUT2D eigenvalue weighted by atomic mass is 35.5. The van der Waals surface area contributed by atoms with Crippen molar-refractivity contribution < 1.29 is 14.3 Å². The second-order valence-electron chi connectivity index (χ2n) is 4.57. The lowest BCUT2D eigenvalue weighted by Gasteiger charge is -2.15. The molecule has 0 radical (unpaired) electrons. The van der Waals surface area contributed by atoms with E-state index in [4.69, 9.17) is 16.3 Å². The number of rotatable bonds is 7. The molecule has 116 valence electrons. The summed E-state index contributed by atoms with van der Waals surface area (Å²) in [5.74, 6) is -0.441. The average Bonchev–Trinajstić information content (AvgIpc) is 2.48. The zero-order valence-electron chi connectivity index (χ0n) is 12.5. The summed E-state index contributed by atoms with van der Waals surface area (Å²) in [6, 6.07) is 4.78. The molecule has 0 bridgehead atoms. The van der Waals surface area contributed by atoms with E-state index in [0.717, 1.165) is 6.42 Å². The van der Waals surface area contributed by atoms with Gasteiger partial charge in [0.25, 0.3) is 5.91 Å². The lowest BCUT2D eigenvalue weighted by molar-refractivity contribution is -0.115. The Morgan fingerprint density at radius 3 is 2.62 bits per heavy atom. The zero-order chi connectivity index (χ0) is 15.8. The number of hydrogen-bond acceptors (Lipinski definition) is 3. The molecule has 2 amide bonds. The van der Waals surface area contributed by atoms with E-state index in [2.05, 4.69) is 10.6 Å². The van der Waals surface area contributed by atoms with Gasteiger partial charge in [-0.2, -0.15) is 0 Å². The monoisotopic (exact) mass is 312 g/mol. The molecule has 1 aromatic rings. The van der Waals surface area contributed by atoms with Crippen LogP contribution in [0.2, 0.25) is 5.02 Å². The second-order valence-corrected chi connectivity index (χ2v) is 5.00. The molecule has 0 saturated carbocycles. The molecule has 5 nitrogen and oxygen atoms in total. The smallest absolute Gasteiger partial charge is 0.253 e. The Morgan fingerprint density at radius 2 is 2.05 bits per heavy atom. The fourth-order valence-electron chi connectivity index (χ4n) is 1.75. The minimum atomic E-state index is -0.270. The summed E-state index contributed by atoms with van der Waals surface area (Å²) in [7, 11) is 1.61. The van der Waals surface area contributed by atoms with Crippen LogP contribution < -0.4 is 10.6 Å². The molecule has 0 aliphatic heterocycles. The Kier molecular flexibility index (Phi) is 7.19. The van der Waals surface area contributed by atoms with Gasteiger partial charge in [0.1, 0.15) is 0 Å². The first kappa shape index (κ1) is 17.5. The van der Waals surface area contributed by atoms with Crippen molar-refractivity contribution in [1.82, 2.24) is 5.32 Å². The molecular weight excluding hydrogens is 292 g/mol. The molecular formula is C15H21ClN2O3. The van der Waals surface area contributed by atoms with Crippen molar-refractivity contribution >= 4 is 29.1 Å². The molecule has 6 heteroatoms. The van der Waals surface area contributed by atoms with Crippen LogP contribution in [0, 0.1) is 0 Å². The number of nitrogens with one attached hydrogen (secondary N) is 2. The van der Waals surface area contributed by atoms with E-state index in [0.29, 0.717) is 29.2 Å². The normalized spacial score (nSPS) is 11.8. The Morgan fingerprint density at radius 1 is 1.33 bits per heavy atom. The Bertz CT molecular complexity index is 502. The third-order valence-electron chi connectivity index (χ3n) is 3.10. The first-order valence-electron chi connectivity index (χ1n) is 6.92. The molecule has 0 aliphatic carbocycles. The van der Waals surface area contributed by atoms with Gasteiger partial charge in [0.2, 0.25) is 5.91 Å². The van der Waals surface area contributed by atoms with Gasteiger partial charge >= 0.3 is 0 Å². The number of carbonyl (C=O) groups excluding carboxylic acids is 2. The van der Waals surface area contributed by atoms with Gasteiger partial charge in [-0.25, -0.2) is 0 Å². The van der Waals surface area contributed by atoms with Crippen molar-refractivity contribution in [2.75, 3.05) is 19.0 Å². The van der Waals surface area contributed by atoms with Crippen LogP contribution in [-0.2, 0) is 9.53 Å². The van der Waals surface area contributed by atoms with Crippen LogP contribution in [0.15, 0.2) is 18.2 Å². The van der Waals surface area contributed by atoms with Crippen LogP contribution in [0.3, 0.4) is 0 Å². The van der Waals surface area contributed by atoms with Crippen LogP contribution in [0.25, 0.3) is 0 Å². The summed E-state index contributed by atoms with van der Waals surface area (Å²) in [6.45, 7) is 4.13. The summed E-state index contributed by atoms with van der Waals surface area (Å²) < 4.78 is 5.21. The number of carbonyl (C=O) groups is 2. The van der Waals surface area contributed by atoms with E-state index in [1.807, 2.05) is 6.92 Å². The molecule has 0 fully saturated rings. The van der Waals surface area contributed by atoms with Crippen molar-refractivity contribution in [3.05, 3.63) is 28.8 Å². The summed E-state index contributed by atoms with van der Waals surface area (Å²) in [5, 5.41) is 5.94. The van der Waals surface area contributed by atoms with E-state index in [1.165, 1.54) is 0 Å². The molecule has 0 aromatic heterocycles. The summed E-state index contributed by atoms with van der Waals surface area (Å²) in [6.07, 6.45) is 1.10. The molecule has 0 heterocycles. The standard InChI is InChI=1S/C15H21ClN2O3/c1-4-11(21-3)9-17-15(20)12-7-6-10(16)8-13(12)18-14(19)5-2/h6-8,11H,4-5,9H2,1-3H3,(H,17,20)(H,18,19). The molecule has 0 aliphatic rings. The van der Waals surface area contributed by atoms with Crippen molar-refractivity contribution in [2.24, 2.45) is 0 Å². The number of halogens is 1. The number of amides is 2. The van der Waals surface area contributed by atoms with Gasteiger partial charge in [-0.3, -0.25) is 9.59 Å². The number of methoxy groups -OCH3 is 1. The molecule has 1 rings (SSSR count). The van der Waals surface area contributed by atoms with E-state index >= 15 is 0 Å². The molecule has 0 saturated heterocycles. The minimum absolute atomic E-state index is 0.0325. The number of anilines is 1. The summed E-state index contributed by atoms with van der Waals surface area (Å²) in [5.41, 5.74) is 0.796. The highest BCUT2D eigenvalue weighted by Crippen LogP contribution is 2.21. The van der Waals surface area contributed by atoms with E-state index < -0.39 is 0 Å². The predicted octanol–water partition coefficient (Wildman–Crippen LogP) is 2.84. The zero-order valence-corrected chi connectivity index (χ0v) is 13.3. The summed E-state index contributed by atoms with van der Waals surface area (Å²) in [4.78, 5) is 23.7. The van der Waals surface area contributed by atoms with Crippen molar-refractivity contribution in [1.29, 1.82) is 0 Å². The lowest BCUT2D eigenvalue weighted by Crippen LogP contribution is -2.33. The van der Waals surface area contributed by atoms with E-state index in [9.17, 15) is 9.59 Å². The van der Waals surface area contributed by atoms with Gasteiger partial charge in [0, 0.05) is 25.1 Å². The van der Waals surface area contributed by atoms with Crippen LogP contribution in [0.1, 0.15) is 37.0 Å². The predicted molar refractivity (Wildman–Crippen MR) is 83.8 cm³/mol. The molecule has 2 N–H and O–H groups in total. The number of hydrogen-bond donors (Lipinski definition) is 2. The SMILES string of the molecule is CCC(=O)Nc1cc(Cl)ccc1C(=O)NCC(CC)OC. The maximum Gasteiger partial charge on any atom is 0.253 e. The van der Waals surface area contributed by atoms with Gasteiger partial charge in [0.15, 0.2) is 0 Å².